The van der Waals surface area contributed by atoms with Crippen LogP contribution < -0.4 is 0 Å². The summed E-state index contributed by atoms with van der Waals surface area (Å²) < 4.78 is 11.3. The summed E-state index contributed by atoms with van der Waals surface area (Å²) in [5.74, 6) is 1.28. The van der Waals surface area contributed by atoms with Crippen molar-refractivity contribution in [3.8, 4) is 75.9 Å². The zero-order valence-electron chi connectivity index (χ0n) is 57.3. The fourth-order valence-corrected chi connectivity index (χ4v) is 7.75. The zero-order valence-corrected chi connectivity index (χ0v) is 63.2. The largest absolute Gasteiger partial charge is 0.507 e. The minimum Gasteiger partial charge on any atom is -0.507 e. The van der Waals surface area contributed by atoms with E-state index in [2.05, 4.69) is 133 Å². The normalized spacial score (nSPS) is 12.3. The Labute approximate surface area is 540 Å². The molecule has 472 valence electrons. The molecule has 1 aliphatic heterocycles. The van der Waals surface area contributed by atoms with Crippen LogP contribution in [0.15, 0.2) is 121 Å². The topological polar surface area (TPSA) is 131 Å². The number of rotatable bonds is 4. The first-order valence-corrected chi connectivity index (χ1v) is 31.9. The Hall–Kier alpha value is -4.66. The van der Waals surface area contributed by atoms with Crippen molar-refractivity contribution in [2.75, 3.05) is 13.2 Å². The van der Waals surface area contributed by atoms with Crippen LogP contribution in [0.1, 0.15) is 201 Å². The van der Waals surface area contributed by atoms with Crippen molar-refractivity contribution in [3.63, 3.8) is 0 Å². The maximum Gasteiger partial charge on any atom is 0.127 e. The molecule has 0 unspecified atom stereocenters. The Bertz CT molecular complexity index is 2660. The van der Waals surface area contributed by atoms with Crippen LogP contribution in [0.2, 0.25) is 0 Å². The molecule has 0 aromatic heterocycles. The van der Waals surface area contributed by atoms with Crippen LogP contribution in [0, 0.1) is 34.1 Å². The quantitative estimate of drug-likeness (QED) is 0.0970. The van der Waals surface area contributed by atoms with Gasteiger partial charge in [0.25, 0.3) is 0 Å². The van der Waals surface area contributed by atoms with Gasteiger partial charge in [0, 0.05) is 35.5 Å². The summed E-state index contributed by atoms with van der Waals surface area (Å²) in [6.07, 6.45) is 2.56. The Morgan fingerprint density at radius 3 is 0.624 bits per heavy atom. The van der Waals surface area contributed by atoms with Gasteiger partial charge in [-0.2, -0.15) is 0 Å². The average Bonchev–Trinajstić information content (AvgIpc) is 2.87. The molecule has 0 radical (unpaired) electrons. The van der Waals surface area contributed by atoms with E-state index in [1.807, 2.05) is 121 Å². The third kappa shape index (κ3) is 31.7. The molecule has 0 atom stereocenters. The molecule has 85 heavy (non-hydrogen) atoms. The van der Waals surface area contributed by atoms with E-state index in [0.717, 1.165) is 80.0 Å². The van der Waals surface area contributed by atoms with Gasteiger partial charge in [-0.05, 0) is 133 Å². The van der Waals surface area contributed by atoms with Gasteiger partial charge in [-0.1, -0.05) is 192 Å². The monoisotopic (exact) mass is 1500 g/mol. The summed E-state index contributed by atoms with van der Waals surface area (Å²) in [4.78, 5) is 0. The van der Waals surface area contributed by atoms with Crippen LogP contribution in [-0.4, -0.2) is 55.1 Å². The van der Waals surface area contributed by atoms with Gasteiger partial charge in [0.05, 0.1) is 11.2 Å². The molecule has 9 heteroatoms. The number of aliphatic hydroxyl groups is 2. The molecular formula is C76H112O7W2-2. The van der Waals surface area contributed by atoms with Gasteiger partial charge in [-0.3, -0.25) is 0 Å². The van der Waals surface area contributed by atoms with Crippen LogP contribution in [0.5, 0.6) is 23.0 Å². The Balaban J connectivity index is 0. The first-order chi connectivity index (χ1) is 37.6. The smallest absolute Gasteiger partial charge is 0.127 e. The maximum atomic E-state index is 10.9. The van der Waals surface area contributed by atoms with Crippen molar-refractivity contribution in [2.24, 2.45) is 10.8 Å². The summed E-state index contributed by atoms with van der Waals surface area (Å²) in [6.45, 7) is 50.5. The molecule has 0 spiro atoms. The van der Waals surface area contributed by atoms with Gasteiger partial charge in [-0.25, -0.2) is 0 Å². The minimum absolute atomic E-state index is 0. The summed E-state index contributed by atoms with van der Waals surface area (Å²) in [6, 6.07) is 39.6. The van der Waals surface area contributed by atoms with Crippen LogP contribution in [0.4, 0.5) is 0 Å². The second-order valence-electron chi connectivity index (χ2n) is 29.3. The van der Waals surface area contributed by atoms with Crippen molar-refractivity contribution in [1.82, 2.24) is 0 Å². The number of phenolic OH excluding ortho intramolecular Hbond substituents is 4. The number of aromatic hydroxyl groups is 4. The van der Waals surface area contributed by atoms with Gasteiger partial charge in [0.1, 0.15) is 23.0 Å². The first-order valence-electron chi connectivity index (χ1n) is 28.9. The molecule has 7 nitrogen and oxygen atoms in total. The van der Waals surface area contributed by atoms with E-state index in [0.29, 0.717) is 33.8 Å². The number of phenols is 4. The fourth-order valence-electron chi connectivity index (χ4n) is 7.75. The van der Waals surface area contributed by atoms with E-state index in [1.54, 1.807) is 41.5 Å². The van der Waals surface area contributed by atoms with Crippen LogP contribution in [-0.2, 0) is 64.7 Å². The molecule has 6 N–H and O–H groups in total. The van der Waals surface area contributed by atoms with Crippen molar-refractivity contribution >= 4 is 0 Å². The molecule has 0 aliphatic carbocycles. The molecule has 1 fully saturated rings. The number of ether oxygens (including phenoxy) is 1. The molecule has 1 saturated heterocycles. The molecule has 1 heterocycles. The van der Waals surface area contributed by atoms with Gasteiger partial charge in [0.15, 0.2) is 0 Å². The number of benzene rings is 6. The van der Waals surface area contributed by atoms with Gasteiger partial charge >= 0.3 is 99.1 Å². The van der Waals surface area contributed by atoms with Crippen molar-refractivity contribution in [2.45, 2.75) is 212 Å². The van der Waals surface area contributed by atoms with E-state index < -0.39 is 11.2 Å². The van der Waals surface area contributed by atoms with Gasteiger partial charge < -0.3 is 50.2 Å². The fraction of sp³-hybridized carbons (Fsp3) is 0.474. The minimum atomic E-state index is -0.500. The van der Waals surface area contributed by atoms with Gasteiger partial charge in [-0.15, -0.1) is 0 Å². The SMILES string of the molecule is C1CCOC1.CC(C)(C)O.CC(C)(C)O.CC(C)(C)[C]#[W].CC(C)(C)[C]#[W].CC(C)(C)c1cccc(-c2cccc(-c3cccc(C(C)(C)C)c3O)c2)c1O.CC(C)(C)c1cccc(-c2cccc(-c3cccc(C(C)(C)C)c3O)c2)c1O.[CH3-].[CH3-]. The Morgan fingerprint density at radius 2 is 0.494 bits per heavy atom. The predicted molar refractivity (Wildman–Crippen MR) is 360 cm³/mol. The molecule has 0 amide bonds. The average molecular weight is 1510 g/mol. The van der Waals surface area contributed by atoms with Gasteiger partial charge in [0.2, 0.25) is 0 Å². The predicted octanol–water partition coefficient (Wildman–Crippen LogP) is 20.4. The number of hydrogen-bond acceptors (Lipinski definition) is 7. The van der Waals surface area contributed by atoms with E-state index in [9.17, 15) is 20.4 Å². The van der Waals surface area contributed by atoms with E-state index in [4.69, 9.17) is 14.9 Å². The second-order valence-corrected chi connectivity index (χ2v) is 30.8. The number of para-hydroxylation sites is 4. The summed E-state index contributed by atoms with van der Waals surface area (Å²) in [7, 11) is 0. The third-order valence-electron chi connectivity index (χ3n) is 11.8. The zero-order chi connectivity index (χ0) is 64.3. The molecule has 0 saturated carbocycles. The van der Waals surface area contributed by atoms with E-state index >= 15 is 0 Å². The molecule has 0 bridgehead atoms. The van der Waals surface area contributed by atoms with Crippen molar-refractivity contribution < 1.29 is 73.7 Å². The molecule has 6 aromatic carbocycles. The molecule has 6 aromatic rings. The molecule has 7 rings (SSSR count). The summed E-state index contributed by atoms with van der Waals surface area (Å²) in [5.41, 5.74) is 9.74. The van der Waals surface area contributed by atoms with Crippen molar-refractivity contribution in [3.05, 3.63) is 158 Å². The molecular weight excluding hydrogens is 1390 g/mol. The Kier molecular flexibility index (Phi) is 33.7. The first kappa shape index (κ1) is 82.4. The van der Waals surface area contributed by atoms with E-state index in [-0.39, 0.29) is 36.5 Å². The second kappa shape index (κ2) is 34.8. The van der Waals surface area contributed by atoms with Crippen LogP contribution in [0.3, 0.4) is 0 Å². The van der Waals surface area contributed by atoms with E-state index in [1.165, 1.54) is 51.1 Å². The standard InChI is InChI=1S/2C26H30O2.2C5H9.C4H8O.2C4H10O.2CH3.2W/c2*1-25(2,3)21-14-8-12-19(23(21)27)17-10-7-11-18(16-17)20-13-9-15-22(24(20)28)26(4,5)6;2*1-5(2,3)4;1-2-4-5-3-1;2*1-4(2,3)5;;;;/h2*7-16,27-28H,1-6H3;2*1-3H3;1-4H2;2*5H,1-3H3;2*1H3;;/q;;;;;;;2*-1;;. The maximum absolute atomic E-state index is 10.9. The number of hydrogen-bond donors (Lipinski definition) is 6. The van der Waals surface area contributed by atoms with Crippen LogP contribution in [0.25, 0.3) is 44.5 Å². The summed E-state index contributed by atoms with van der Waals surface area (Å²) in [5, 5.41) is 60.6. The van der Waals surface area contributed by atoms with Crippen molar-refractivity contribution in [1.29, 1.82) is 0 Å². The molecule has 1 aliphatic rings. The summed E-state index contributed by atoms with van der Waals surface area (Å²) >= 11 is 2.88. The third-order valence-corrected chi connectivity index (χ3v) is 16.2. The van der Waals surface area contributed by atoms with Crippen LogP contribution >= 0.6 is 0 Å². The Morgan fingerprint density at radius 1 is 0.329 bits per heavy atom.